The van der Waals surface area contributed by atoms with Crippen LogP contribution >= 0.6 is 11.8 Å². The molecule has 0 fully saturated rings. The highest BCUT2D eigenvalue weighted by Gasteiger charge is 2.06. The van der Waals surface area contributed by atoms with Gasteiger partial charge < -0.3 is 10.6 Å². The van der Waals surface area contributed by atoms with Crippen molar-refractivity contribution in [3.05, 3.63) is 23.8 Å². The predicted octanol–water partition coefficient (Wildman–Crippen LogP) is 2.13. The van der Waals surface area contributed by atoms with Crippen molar-refractivity contribution in [2.45, 2.75) is 11.8 Å². The van der Waals surface area contributed by atoms with Crippen molar-refractivity contribution in [1.82, 2.24) is 5.32 Å². The van der Waals surface area contributed by atoms with Crippen molar-refractivity contribution in [3.8, 4) is 0 Å². The van der Waals surface area contributed by atoms with E-state index < -0.39 is 0 Å². The molecule has 0 spiro atoms. The molecule has 0 saturated heterocycles. The number of rotatable bonds is 4. The Morgan fingerprint density at radius 1 is 1.50 bits per heavy atom. The van der Waals surface area contributed by atoms with Gasteiger partial charge in [0.15, 0.2) is 0 Å². The lowest BCUT2D eigenvalue weighted by atomic mass is 10.2. The van der Waals surface area contributed by atoms with Crippen LogP contribution in [0.2, 0.25) is 0 Å². The number of nitrogens with one attached hydrogen (secondary N) is 2. The highest BCUT2D eigenvalue weighted by Crippen LogP contribution is 2.25. The molecule has 1 aliphatic heterocycles. The minimum atomic E-state index is 0.789. The Kier molecular flexibility index (Phi) is 3.72. The van der Waals surface area contributed by atoms with E-state index in [0.29, 0.717) is 0 Å². The van der Waals surface area contributed by atoms with Crippen molar-refractivity contribution < 1.29 is 0 Å². The molecule has 1 aromatic rings. The number of anilines is 1. The van der Waals surface area contributed by atoms with Gasteiger partial charge in [0.2, 0.25) is 0 Å². The molecule has 0 amide bonds. The van der Waals surface area contributed by atoms with Crippen molar-refractivity contribution in [1.29, 1.82) is 0 Å². The molecule has 0 atom stereocenters. The van der Waals surface area contributed by atoms with Gasteiger partial charge in [-0.2, -0.15) is 0 Å². The summed E-state index contributed by atoms with van der Waals surface area (Å²) in [5, 5.41) is 6.69. The second-order valence-electron chi connectivity index (χ2n) is 3.81. The molecule has 0 aliphatic carbocycles. The van der Waals surface area contributed by atoms with Crippen LogP contribution in [0.15, 0.2) is 28.1 Å². The zero-order valence-electron chi connectivity index (χ0n) is 9.71. The van der Waals surface area contributed by atoms with E-state index in [-0.39, 0.29) is 0 Å². The van der Waals surface area contributed by atoms with E-state index in [0.717, 1.165) is 25.5 Å². The average Bonchev–Trinajstić information content (AvgIpc) is 2.79. The molecule has 2 N–H and O–H groups in total. The van der Waals surface area contributed by atoms with Gasteiger partial charge >= 0.3 is 0 Å². The molecule has 0 unspecified atom stereocenters. The van der Waals surface area contributed by atoms with Gasteiger partial charge in [-0.15, -0.1) is 11.8 Å². The minimum absolute atomic E-state index is 0.789. The van der Waals surface area contributed by atoms with Crippen molar-refractivity contribution >= 4 is 23.3 Å². The third kappa shape index (κ3) is 2.70. The van der Waals surface area contributed by atoms with Crippen LogP contribution in [-0.4, -0.2) is 31.7 Å². The van der Waals surface area contributed by atoms with Gasteiger partial charge in [0.1, 0.15) is 5.84 Å². The van der Waals surface area contributed by atoms with E-state index in [1.807, 2.05) is 0 Å². The lowest BCUT2D eigenvalue weighted by Crippen LogP contribution is -2.26. The summed E-state index contributed by atoms with van der Waals surface area (Å²) >= 11 is 1.76. The van der Waals surface area contributed by atoms with Gasteiger partial charge in [-0.05, 0) is 30.9 Å². The van der Waals surface area contributed by atoms with Crippen molar-refractivity contribution in [2.24, 2.45) is 4.99 Å². The van der Waals surface area contributed by atoms with Crippen LogP contribution in [0, 0.1) is 6.92 Å². The van der Waals surface area contributed by atoms with E-state index >= 15 is 0 Å². The molecule has 86 valence electrons. The van der Waals surface area contributed by atoms with Crippen LogP contribution in [0.5, 0.6) is 0 Å². The molecule has 4 heteroatoms. The van der Waals surface area contributed by atoms with E-state index in [1.165, 1.54) is 16.1 Å². The molecule has 2 rings (SSSR count). The Hall–Kier alpha value is -1.16. The quantitative estimate of drug-likeness (QED) is 0.785. The normalized spacial score (nSPS) is 14.5. The van der Waals surface area contributed by atoms with E-state index in [1.54, 1.807) is 11.8 Å². The smallest absolute Gasteiger partial charge is 0.116 e. The largest absolute Gasteiger partial charge is 0.377 e. The maximum atomic E-state index is 4.36. The van der Waals surface area contributed by atoms with E-state index in [2.05, 4.69) is 47.0 Å². The molecule has 0 bridgehead atoms. The molecule has 0 saturated carbocycles. The monoisotopic (exact) mass is 235 g/mol. The lowest BCUT2D eigenvalue weighted by molar-refractivity contribution is 0.955. The van der Waals surface area contributed by atoms with E-state index in [4.69, 9.17) is 0 Å². The minimum Gasteiger partial charge on any atom is -0.377 e. The number of nitrogens with zero attached hydrogens (tertiary/aromatic N) is 1. The highest BCUT2D eigenvalue weighted by molar-refractivity contribution is 7.98. The van der Waals surface area contributed by atoms with E-state index in [9.17, 15) is 0 Å². The number of aryl methyl sites for hydroxylation is 1. The van der Waals surface area contributed by atoms with Crippen LogP contribution in [0.3, 0.4) is 0 Å². The van der Waals surface area contributed by atoms with Gasteiger partial charge in [-0.1, -0.05) is 6.07 Å². The van der Waals surface area contributed by atoms with Gasteiger partial charge in [-0.25, -0.2) is 0 Å². The Bertz CT molecular complexity index is 401. The first-order valence-electron chi connectivity index (χ1n) is 5.45. The maximum Gasteiger partial charge on any atom is 0.116 e. The van der Waals surface area contributed by atoms with Crippen molar-refractivity contribution in [2.75, 3.05) is 31.2 Å². The first-order valence-corrected chi connectivity index (χ1v) is 6.68. The highest BCUT2D eigenvalue weighted by atomic mass is 32.2. The standard InChI is InChI=1S/C12H17N3S/c1-9-3-4-11(16-2)10(7-9)15-8-12-13-5-6-14-12/h3-4,7,15H,5-6,8H2,1-2H3,(H,13,14). The Morgan fingerprint density at radius 2 is 2.38 bits per heavy atom. The predicted molar refractivity (Wildman–Crippen MR) is 71.8 cm³/mol. The second kappa shape index (κ2) is 5.25. The summed E-state index contributed by atoms with van der Waals surface area (Å²) in [7, 11) is 0. The number of hydrogen-bond donors (Lipinski definition) is 2. The zero-order chi connectivity index (χ0) is 11.4. The number of hydrogen-bond acceptors (Lipinski definition) is 4. The maximum absolute atomic E-state index is 4.36. The second-order valence-corrected chi connectivity index (χ2v) is 4.66. The SMILES string of the molecule is CSc1ccc(C)cc1NCC1=NCCN1. The molecular weight excluding hydrogens is 218 g/mol. The molecule has 1 heterocycles. The van der Waals surface area contributed by atoms with Gasteiger partial charge in [-0.3, -0.25) is 4.99 Å². The molecule has 1 aliphatic rings. The summed E-state index contributed by atoms with van der Waals surface area (Å²) in [6.07, 6.45) is 2.10. The van der Waals surface area contributed by atoms with Gasteiger partial charge in [0.05, 0.1) is 13.1 Å². The number of aliphatic imine (C=N–C) groups is 1. The number of benzene rings is 1. The summed E-state index contributed by atoms with van der Waals surface area (Å²) in [5.41, 5.74) is 2.48. The first kappa shape index (κ1) is 11.3. The summed E-state index contributed by atoms with van der Waals surface area (Å²) < 4.78 is 0. The molecular formula is C12H17N3S. The first-order chi connectivity index (χ1) is 7.79. The number of amidine groups is 1. The van der Waals surface area contributed by atoms with Crippen LogP contribution < -0.4 is 10.6 Å². The van der Waals surface area contributed by atoms with Crippen LogP contribution in [0.25, 0.3) is 0 Å². The summed E-state index contributed by atoms with van der Waals surface area (Å²) in [6.45, 7) is 4.78. The molecule has 3 nitrogen and oxygen atoms in total. The average molecular weight is 235 g/mol. The Balaban J connectivity index is 2.04. The molecule has 1 aromatic carbocycles. The fourth-order valence-electron chi connectivity index (χ4n) is 1.70. The van der Waals surface area contributed by atoms with Crippen LogP contribution in [0.4, 0.5) is 5.69 Å². The topological polar surface area (TPSA) is 36.4 Å². The number of thioether (sulfide) groups is 1. The lowest BCUT2D eigenvalue weighted by Gasteiger charge is -2.11. The zero-order valence-corrected chi connectivity index (χ0v) is 10.5. The fourth-order valence-corrected chi connectivity index (χ4v) is 2.26. The van der Waals surface area contributed by atoms with Gasteiger partial charge in [0, 0.05) is 17.1 Å². The summed E-state index contributed by atoms with van der Waals surface area (Å²) in [5.74, 6) is 1.06. The Morgan fingerprint density at radius 3 is 3.06 bits per heavy atom. The fraction of sp³-hybridized carbons (Fsp3) is 0.417. The van der Waals surface area contributed by atoms with Gasteiger partial charge in [0.25, 0.3) is 0 Å². The van der Waals surface area contributed by atoms with Crippen LogP contribution in [0.1, 0.15) is 5.56 Å². The van der Waals surface area contributed by atoms with Crippen molar-refractivity contribution in [3.63, 3.8) is 0 Å². The molecule has 0 aromatic heterocycles. The van der Waals surface area contributed by atoms with Crippen LogP contribution in [-0.2, 0) is 0 Å². The third-order valence-corrected chi connectivity index (χ3v) is 3.34. The molecule has 0 radical (unpaired) electrons. The summed E-state index contributed by atoms with van der Waals surface area (Å²) in [6, 6.07) is 6.48. The summed E-state index contributed by atoms with van der Waals surface area (Å²) in [4.78, 5) is 5.65. The Labute approximate surface area is 101 Å². The third-order valence-electron chi connectivity index (χ3n) is 2.54. The molecule has 16 heavy (non-hydrogen) atoms.